The van der Waals surface area contributed by atoms with E-state index in [0.717, 1.165) is 6.20 Å². The molecule has 2 amide bonds. The van der Waals surface area contributed by atoms with Crippen LogP contribution in [0.15, 0.2) is 24.4 Å². The van der Waals surface area contributed by atoms with Crippen LogP contribution in [0.3, 0.4) is 0 Å². The highest BCUT2D eigenvalue weighted by Crippen LogP contribution is 2.30. The number of aromatic nitrogens is 2. The second-order valence-corrected chi connectivity index (χ2v) is 7.25. The van der Waals surface area contributed by atoms with Crippen LogP contribution >= 0.6 is 11.6 Å². The molecule has 2 N–H and O–H groups in total. The first-order valence-electron chi connectivity index (χ1n) is 8.98. The summed E-state index contributed by atoms with van der Waals surface area (Å²) in [7, 11) is 0. The third kappa shape index (κ3) is 5.17. The van der Waals surface area contributed by atoms with Crippen molar-refractivity contribution in [3.63, 3.8) is 0 Å². The van der Waals surface area contributed by atoms with Gasteiger partial charge in [-0.3, -0.25) is 9.59 Å². The topological polar surface area (TPSA) is 87.2 Å². The number of hydrogen-bond acceptors (Lipinski definition) is 5. The van der Waals surface area contributed by atoms with E-state index >= 15 is 0 Å². The van der Waals surface area contributed by atoms with Crippen LogP contribution in [0.2, 0.25) is 5.02 Å². The number of pyridine rings is 2. The molecular formula is C19H20ClF2N5O2. The van der Waals surface area contributed by atoms with Crippen molar-refractivity contribution in [2.75, 3.05) is 23.3 Å². The molecule has 1 saturated heterocycles. The molecule has 2 aromatic heterocycles. The lowest BCUT2D eigenvalue weighted by atomic mass is 10.2. The highest BCUT2D eigenvalue weighted by molar-refractivity contribution is 6.33. The number of halogens is 3. The van der Waals surface area contributed by atoms with Crippen molar-refractivity contribution in [3.8, 4) is 0 Å². The molecule has 1 aliphatic heterocycles. The van der Waals surface area contributed by atoms with Crippen LogP contribution in [-0.2, 0) is 4.79 Å². The summed E-state index contributed by atoms with van der Waals surface area (Å²) in [6.07, 6.45) is -0.866. The second-order valence-electron chi connectivity index (χ2n) is 6.84. The normalized spacial score (nSPS) is 16.2. The van der Waals surface area contributed by atoms with Crippen molar-refractivity contribution in [1.29, 1.82) is 0 Å². The molecule has 2 aromatic rings. The van der Waals surface area contributed by atoms with Gasteiger partial charge in [-0.05, 0) is 31.5 Å². The third-order valence-corrected chi connectivity index (χ3v) is 4.72. The standard InChI is InChI=1S/C19H20ClF2N5O2/c1-10-5-12(7-16(24-10)25-11(2)28)19(29)26-14-3-4-27(9-14)18-15(20)6-13(8-23-18)17(21)22/h5-8,14,17H,3-4,9H2,1-2H3,(H,26,29)(H,24,25,28). The monoisotopic (exact) mass is 423 g/mol. The molecular weight excluding hydrogens is 404 g/mol. The molecule has 0 saturated carbocycles. The van der Waals surface area contributed by atoms with Crippen molar-refractivity contribution >= 4 is 35.1 Å². The number of nitrogens with one attached hydrogen (secondary N) is 2. The maximum atomic E-state index is 12.8. The Labute approximate surface area is 171 Å². The van der Waals surface area contributed by atoms with Gasteiger partial charge in [-0.1, -0.05) is 11.6 Å². The van der Waals surface area contributed by atoms with Crippen LogP contribution in [0.5, 0.6) is 0 Å². The van der Waals surface area contributed by atoms with Crippen LogP contribution in [0.4, 0.5) is 20.4 Å². The van der Waals surface area contributed by atoms with Gasteiger partial charge >= 0.3 is 0 Å². The fourth-order valence-corrected chi connectivity index (χ4v) is 3.48. The minimum atomic E-state index is -2.63. The highest BCUT2D eigenvalue weighted by atomic mass is 35.5. The molecule has 7 nitrogen and oxygen atoms in total. The summed E-state index contributed by atoms with van der Waals surface area (Å²) in [5.74, 6) is 0.163. The maximum Gasteiger partial charge on any atom is 0.265 e. The summed E-state index contributed by atoms with van der Waals surface area (Å²) in [4.78, 5) is 33.9. The zero-order valence-electron chi connectivity index (χ0n) is 15.9. The van der Waals surface area contributed by atoms with E-state index in [1.54, 1.807) is 13.0 Å². The summed E-state index contributed by atoms with van der Waals surface area (Å²) in [5.41, 5.74) is 0.757. The summed E-state index contributed by atoms with van der Waals surface area (Å²) in [6, 6.07) is 4.20. The van der Waals surface area contributed by atoms with E-state index in [0.29, 0.717) is 42.4 Å². The predicted octanol–water partition coefficient (Wildman–Crippen LogP) is 3.34. The Kier molecular flexibility index (Phi) is 6.26. The summed E-state index contributed by atoms with van der Waals surface area (Å²) >= 11 is 6.11. The molecule has 1 fully saturated rings. The molecule has 0 radical (unpaired) electrons. The Bertz CT molecular complexity index is 941. The third-order valence-electron chi connectivity index (χ3n) is 4.44. The van der Waals surface area contributed by atoms with Gasteiger partial charge in [0.2, 0.25) is 5.91 Å². The summed E-state index contributed by atoms with van der Waals surface area (Å²) in [6.45, 7) is 4.13. The van der Waals surface area contributed by atoms with Gasteiger partial charge in [-0.15, -0.1) is 0 Å². The van der Waals surface area contributed by atoms with E-state index in [1.807, 2.05) is 4.90 Å². The SMILES string of the molecule is CC(=O)Nc1cc(C(=O)NC2CCN(c3ncc(C(F)F)cc3Cl)C2)cc(C)n1. The number of carbonyl (C=O) groups is 2. The number of rotatable bonds is 5. The molecule has 1 atom stereocenters. The molecule has 0 bridgehead atoms. The number of anilines is 2. The molecule has 29 heavy (non-hydrogen) atoms. The van der Waals surface area contributed by atoms with E-state index in [9.17, 15) is 18.4 Å². The Balaban J connectivity index is 1.66. The Morgan fingerprint density at radius 1 is 1.31 bits per heavy atom. The zero-order chi connectivity index (χ0) is 21.1. The lowest BCUT2D eigenvalue weighted by molar-refractivity contribution is -0.114. The van der Waals surface area contributed by atoms with Gasteiger partial charge in [0.1, 0.15) is 11.6 Å². The van der Waals surface area contributed by atoms with E-state index in [4.69, 9.17) is 11.6 Å². The molecule has 1 unspecified atom stereocenters. The lowest BCUT2D eigenvalue weighted by Crippen LogP contribution is -2.37. The van der Waals surface area contributed by atoms with Crippen LogP contribution in [-0.4, -0.2) is 40.9 Å². The van der Waals surface area contributed by atoms with Gasteiger partial charge < -0.3 is 15.5 Å². The Morgan fingerprint density at radius 3 is 2.72 bits per heavy atom. The number of hydrogen-bond donors (Lipinski definition) is 2. The minimum absolute atomic E-state index is 0.152. The first kappa shape index (κ1) is 20.9. The maximum absolute atomic E-state index is 12.8. The molecule has 154 valence electrons. The van der Waals surface area contributed by atoms with E-state index in [-0.39, 0.29) is 28.4 Å². The van der Waals surface area contributed by atoms with Gasteiger partial charge in [-0.25, -0.2) is 18.7 Å². The zero-order valence-corrected chi connectivity index (χ0v) is 16.6. The fourth-order valence-electron chi connectivity index (χ4n) is 3.18. The molecule has 3 heterocycles. The van der Waals surface area contributed by atoms with Crippen molar-refractivity contribution in [2.24, 2.45) is 0 Å². The van der Waals surface area contributed by atoms with E-state index in [2.05, 4.69) is 20.6 Å². The molecule has 10 heteroatoms. The van der Waals surface area contributed by atoms with Gasteiger partial charge in [0.25, 0.3) is 12.3 Å². The number of carbonyl (C=O) groups excluding carboxylic acids is 2. The van der Waals surface area contributed by atoms with Gasteiger partial charge in [0, 0.05) is 49.1 Å². The van der Waals surface area contributed by atoms with Crippen LogP contribution in [0.1, 0.15) is 41.4 Å². The smallest absolute Gasteiger partial charge is 0.265 e. The van der Waals surface area contributed by atoms with Crippen molar-refractivity contribution in [3.05, 3.63) is 46.2 Å². The molecule has 0 aromatic carbocycles. The van der Waals surface area contributed by atoms with Gasteiger partial charge in [0.15, 0.2) is 0 Å². The Morgan fingerprint density at radius 2 is 2.07 bits per heavy atom. The van der Waals surface area contributed by atoms with Crippen LogP contribution in [0, 0.1) is 6.92 Å². The van der Waals surface area contributed by atoms with Crippen LogP contribution in [0.25, 0.3) is 0 Å². The largest absolute Gasteiger partial charge is 0.353 e. The number of amides is 2. The van der Waals surface area contributed by atoms with Crippen molar-refractivity contribution in [2.45, 2.75) is 32.7 Å². The van der Waals surface area contributed by atoms with Crippen LogP contribution < -0.4 is 15.5 Å². The quantitative estimate of drug-likeness (QED) is 0.770. The van der Waals surface area contributed by atoms with Gasteiger partial charge in [0.05, 0.1) is 5.02 Å². The molecule has 0 aliphatic carbocycles. The molecule has 3 rings (SSSR count). The van der Waals surface area contributed by atoms with Crippen molar-refractivity contribution in [1.82, 2.24) is 15.3 Å². The first-order chi connectivity index (χ1) is 13.7. The summed E-state index contributed by atoms with van der Waals surface area (Å²) < 4.78 is 25.5. The molecule has 1 aliphatic rings. The van der Waals surface area contributed by atoms with Crippen molar-refractivity contribution < 1.29 is 18.4 Å². The average molecular weight is 424 g/mol. The minimum Gasteiger partial charge on any atom is -0.353 e. The van der Waals surface area contributed by atoms with Gasteiger partial charge in [-0.2, -0.15) is 0 Å². The summed E-state index contributed by atoms with van der Waals surface area (Å²) in [5, 5.41) is 5.66. The number of nitrogens with zero attached hydrogens (tertiary/aromatic N) is 3. The average Bonchev–Trinajstić information content (AvgIpc) is 3.08. The predicted molar refractivity (Wildman–Crippen MR) is 106 cm³/mol. The number of alkyl halides is 2. The first-order valence-corrected chi connectivity index (χ1v) is 9.36. The number of aryl methyl sites for hydroxylation is 1. The lowest BCUT2D eigenvalue weighted by Gasteiger charge is -2.19. The van der Waals surface area contributed by atoms with E-state index < -0.39 is 6.43 Å². The fraction of sp³-hybridized carbons (Fsp3) is 0.368. The Hall–Kier alpha value is -2.81. The highest BCUT2D eigenvalue weighted by Gasteiger charge is 2.27. The molecule has 0 spiro atoms. The second kappa shape index (κ2) is 8.69. The van der Waals surface area contributed by atoms with E-state index in [1.165, 1.54) is 19.1 Å².